The lowest BCUT2D eigenvalue weighted by atomic mass is 10.1. The molecule has 13 heteroatoms. The van der Waals surface area contributed by atoms with Crippen LogP contribution in [0.5, 0.6) is 28.7 Å². The molecule has 5 aromatic carbocycles. The highest BCUT2D eigenvalue weighted by molar-refractivity contribution is 7.98. The molecule has 0 fully saturated rings. The van der Waals surface area contributed by atoms with Crippen molar-refractivity contribution in [3.63, 3.8) is 0 Å². The molecule has 5 aromatic rings. The van der Waals surface area contributed by atoms with Crippen LogP contribution in [-0.4, -0.2) is 31.4 Å². The Morgan fingerprint density at radius 2 is 0.920 bits per heavy atom. The van der Waals surface area contributed by atoms with Crippen molar-refractivity contribution >= 4 is 54.1 Å². The summed E-state index contributed by atoms with van der Waals surface area (Å²) >= 11 is 1.51. The minimum atomic E-state index is -2.31. The Kier molecular flexibility index (Phi) is 13.1. The maximum Gasteiger partial charge on any atom is 0.530 e. The standard InChI is InChI=1S/C37H30O10P2S/c1-26-19-32(50-2)20-31(25-42-48(43-33-15-7-3-11-27(33)21-38)44-34-16-8-4-12-28(34)22-39)37(26)47-49(45-35-17-9-5-13-29(35)23-40)46-36-18-10-6-14-30(36)24-41/h3-24H,25H2,1-2H3. The SMILES string of the molecule is CSc1cc(C)c(OP(Oc2ccccc2C=O)Oc2ccccc2C=O)c(COP(Oc2ccccc2C=O)Oc2ccccc2C=O)c1. The summed E-state index contributed by atoms with van der Waals surface area (Å²) < 4.78 is 37.2. The van der Waals surface area contributed by atoms with Crippen LogP contribution in [0.4, 0.5) is 0 Å². The molecule has 0 N–H and O–H groups in total. The molecule has 10 nitrogen and oxygen atoms in total. The first-order valence-electron chi connectivity index (χ1n) is 14.9. The third kappa shape index (κ3) is 9.34. The monoisotopic (exact) mass is 728 g/mol. The van der Waals surface area contributed by atoms with Crippen LogP contribution >= 0.6 is 29.0 Å². The summed E-state index contributed by atoms with van der Waals surface area (Å²) in [5.41, 5.74) is 2.40. The first-order chi connectivity index (χ1) is 24.5. The zero-order chi connectivity index (χ0) is 35.3. The van der Waals surface area contributed by atoms with Gasteiger partial charge in [0.2, 0.25) is 0 Å². The Hall–Kier alpha value is -5.05. The molecule has 0 aliphatic heterocycles. The third-order valence-electron chi connectivity index (χ3n) is 6.93. The Bertz CT molecular complexity index is 1860. The predicted molar refractivity (Wildman–Crippen MR) is 192 cm³/mol. The van der Waals surface area contributed by atoms with Gasteiger partial charge in [0, 0.05) is 10.5 Å². The van der Waals surface area contributed by atoms with Crippen molar-refractivity contribution in [1.82, 2.24) is 0 Å². The average molecular weight is 729 g/mol. The van der Waals surface area contributed by atoms with Crippen molar-refractivity contribution < 1.29 is 46.3 Å². The van der Waals surface area contributed by atoms with E-state index in [0.717, 1.165) is 4.90 Å². The molecule has 0 atom stereocenters. The van der Waals surface area contributed by atoms with Crippen molar-refractivity contribution in [3.8, 4) is 28.7 Å². The van der Waals surface area contributed by atoms with E-state index in [1.54, 1.807) is 97.1 Å². The zero-order valence-electron chi connectivity index (χ0n) is 26.8. The van der Waals surface area contributed by atoms with E-state index in [1.165, 1.54) is 11.8 Å². The predicted octanol–water partition coefficient (Wildman–Crippen LogP) is 9.63. The second-order valence-corrected chi connectivity index (χ2v) is 13.2. The van der Waals surface area contributed by atoms with E-state index in [2.05, 4.69) is 0 Å². The highest BCUT2D eigenvalue weighted by Gasteiger charge is 2.27. The number of aldehydes is 4. The van der Waals surface area contributed by atoms with Crippen LogP contribution in [-0.2, 0) is 11.1 Å². The maximum absolute atomic E-state index is 11.8. The van der Waals surface area contributed by atoms with Crippen LogP contribution in [0.3, 0.4) is 0 Å². The summed E-state index contributed by atoms with van der Waals surface area (Å²) in [7, 11) is -4.56. The number of thioether (sulfide) groups is 1. The molecular weight excluding hydrogens is 698 g/mol. The van der Waals surface area contributed by atoms with E-state index >= 15 is 0 Å². The fraction of sp³-hybridized carbons (Fsp3) is 0.0811. The van der Waals surface area contributed by atoms with Gasteiger partial charge in [-0.05, 0) is 79.4 Å². The summed E-state index contributed by atoms with van der Waals surface area (Å²) in [5, 5.41) is 0. The van der Waals surface area contributed by atoms with Crippen molar-refractivity contribution in [2.24, 2.45) is 0 Å². The van der Waals surface area contributed by atoms with Crippen LogP contribution in [0.2, 0.25) is 0 Å². The highest BCUT2D eigenvalue weighted by atomic mass is 32.2. The van der Waals surface area contributed by atoms with Gasteiger partial charge >= 0.3 is 17.2 Å². The van der Waals surface area contributed by atoms with Crippen LogP contribution in [0.25, 0.3) is 0 Å². The van der Waals surface area contributed by atoms with Gasteiger partial charge in [-0.25, -0.2) is 0 Å². The lowest BCUT2D eigenvalue weighted by Gasteiger charge is -2.23. The van der Waals surface area contributed by atoms with Gasteiger partial charge in [-0.1, -0.05) is 48.5 Å². The molecule has 0 saturated carbocycles. The van der Waals surface area contributed by atoms with Crippen molar-refractivity contribution in [3.05, 3.63) is 143 Å². The van der Waals surface area contributed by atoms with Gasteiger partial charge in [0.25, 0.3) is 0 Å². The summed E-state index contributed by atoms with van der Waals surface area (Å²) in [6, 6.07) is 30.3. The second kappa shape index (κ2) is 18.1. The summed E-state index contributed by atoms with van der Waals surface area (Å²) in [5.74, 6) is 1.27. The van der Waals surface area contributed by atoms with Gasteiger partial charge in [-0.3, -0.25) is 23.7 Å². The number of rotatable bonds is 18. The van der Waals surface area contributed by atoms with Gasteiger partial charge in [0.05, 0.1) is 28.9 Å². The Morgan fingerprint density at radius 3 is 1.30 bits per heavy atom. The Labute approximate surface area is 295 Å². The molecule has 0 aliphatic carbocycles. The van der Waals surface area contributed by atoms with Crippen LogP contribution in [0.15, 0.2) is 114 Å². The molecule has 0 aromatic heterocycles. The summed E-state index contributed by atoms with van der Waals surface area (Å²) in [6.07, 6.45) is 4.57. The summed E-state index contributed by atoms with van der Waals surface area (Å²) in [6.45, 7) is 1.74. The molecule has 0 radical (unpaired) electrons. The van der Waals surface area contributed by atoms with Gasteiger partial charge in [0.15, 0.2) is 25.1 Å². The zero-order valence-corrected chi connectivity index (χ0v) is 29.4. The minimum Gasteiger partial charge on any atom is -0.417 e. The van der Waals surface area contributed by atoms with Gasteiger partial charge in [0.1, 0.15) is 28.7 Å². The van der Waals surface area contributed by atoms with E-state index in [1.807, 2.05) is 25.3 Å². The van der Waals surface area contributed by atoms with Gasteiger partial charge < -0.3 is 22.6 Å². The fourth-order valence-corrected chi connectivity index (χ4v) is 7.23. The number of carbonyl (C=O) groups is 4. The van der Waals surface area contributed by atoms with E-state index < -0.39 is 17.2 Å². The number of para-hydroxylation sites is 4. The Morgan fingerprint density at radius 1 is 0.540 bits per heavy atom. The van der Waals surface area contributed by atoms with Crippen LogP contribution in [0, 0.1) is 6.92 Å². The average Bonchev–Trinajstić information content (AvgIpc) is 3.15. The molecule has 0 unspecified atom stereocenters. The second-order valence-electron chi connectivity index (χ2n) is 10.2. The van der Waals surface area contributed by atoms with Crippen LogP contribution < -0.4 is 22.6 Å². The number of hydrogen-bond acceptors (Lipinski definition) is 11. The maximum atomic E-state index is 11.8. The molecule has 5 rings (SSSR count). The molecule has 0 heterocycles. The minimum absolute atomic E-state index is 0.109. The molecule has 50 heavy (non-hydrogen) atoms. The van der Waals surface area contributed by atoms with Crippen molar-refractivity contribution in [2.45, 2.75) is 18.4 Å². The third-order valence-corrected chi connectivity index (χ3v) is 9.69. The van der Waals surface area contributed by atoms with Crippen LogP contribution in [0.1, 0.15) is 52.6 Å². The van der Waals surface area contributed by atoms with E-state index in [9.17, 15) is 19.2 Å². The lowest BCUT2D eigenvalue weighted by molar-refractivity contribution is 0.111. The molecule has 0 aliphatic rings. The topological polar surface area (TPSA) is 124 Å². The fourth-order valence-electron chi connectivity index (χ4n) is 4.46. The van der Waals surface area contributed by atoms with E-state index in [-0.39, 0.29) is 51.9 Å². The van der Waals surface area contributed by atoms with Crippen molar-refractivity contribution in [1.29, 1.82) is 0 Å². The molecular formula is C37H30O10P2S. The molecule has 254 valence electrons. The van der Waals surface area contributed by atoms with Gasteiger partial charge in [-0.2, -0.15) is 0 Å². The smallest absolute Gasteiger partial charge is 0.417 e. The largest absolute Gasteiger partial charge is 0.530 e. The normalized spacial score (nSPS) is 10.7. The quantitative estimate of drug-likeness (QED) is 0.0487. The molecule has 0 bridgehead atoms. The number of carbonyl (C=O) groups excluding carboxylic acids is 4. The number of benzene rings is 5. The Balaban J connectivity index is 1.50. The lowest BCUT2D eigenvalue weighted by Crippen LogP contribution is -2.08. The van der Waals surface area contributed by atoms with Crippen molar-refractivity contribution in [2.75, 3.05) is 6.26 Å². The van der Waals surface area contributed by atoms with Gasteiger partial charge in [-0.15, -0.1) is 11.8 Å². The first-order valence-corrected chi connectivity index (χ1v) is 18.3. The highest BCUT2D eigenvalue weighted by Crippen LogP contribution is 2.48. The molecule has 0 spiro atoms. The summed E-state index contributed by atoms with van der Waals surface area (Å²) in [4.78, 5) is 48.1. The molecule has 0 saturated heterocycles. The van der Waals surface area contributed by atoms with E-state index in [4.69, 9.17) is 27.1 Å². The number of hydrogen-bond donors (Lipinski definition) is 0. The molecule has 0 amide bonds. The number of aryl methyl sites for hydroxylation is 1. The van der Waals surface area contributed by atoms with E-state index in [0.29, 0.717) is 42.0 Å². The first kappa shape index (κ1) is 36.2.